The fourth-order valence-electron chi connectivity index (χ4n) is 5.95. The minimum Gasteiger partial charge on any atom is -1.00 e. The van der Waals surface area contributed by atoms with Crippen LogP contribution in [0, 0.1) is 0 Å². The predicted molar refractivity (Wildman–Crippen MR) is 168 cm³/mol. The number of fused-ring (bicyclic) bond motifs is 1. The van der Waals surface area contributed by atoms with Gasteiger partial charge in [0.2, 0.25) is 0 Å². The molecule has 1 heterocycles. The number of benzene rings is 2. The fourth-order valence-corrected chi connectivity index (χ4v) is 7.94. The van der Waals surface area contributed by atoms with Crippen LogP contribution < -0.4 is 12.4 Å². The van der Waals surface area contributed by atoms with Crippen molar-refractivity contribution in [3.8, 4) is 11.5 Å². The van der Waals surface area contributed by atoms with E-state index in [0.717, 1.165) is 35.1 Å². The first-order chi connectivity index (χ1) is 18.7. The quantitative estimate of drug-likeness (QED) is 0.484. The number of hydrogen-bond acceptors (Lipinski definition) is 2. The molecule has 1 saturated heterocycles. The molecule has 2 aromatic rings. The third-order valence-electron chi connectivity index (χ3n) is 8.70. The number of hydrogen-bond donors (Lipinski definition) is 2. The van der Waals surface area contributed by atoms with Gasteiger partial charge in [0.15, 0.2) is 0 Å². The maximum atomic E-state index is 11.5. The molecule has 0 unspecified atom stereocenters. The van der Waals surface area contributed by atoms with Gasteiger partial charge < -0.3 is 12.4 Å². The summed E-state index contributed by atoms with van der Waals surface area (Å²) in [5, 5.41) is 23.0. The Labute approximate surface area is 268 Å². The van der Waals surface area contributed by atoms with E-state index in [9.17, 15) is 10.2 Å². The van der Waals surface area contributed by atoms with Gasteiger partial charge in [-0.15, -0.1) is 0 Å². The van der Waals surface area contributed by atoms with Crippen LogP contribution in [0.1, 0.15) is 142 Å². The van der Waals surface area contributed by atoms with Crippen LogP contribution in [0.15, 0.2) is 24.3 Å². The monoisotopic (exact) mass is 633 g/mol. The van der Waals surface area contributed by atoms with Crippen LogP contribution in [-0.2, 0) is 37.3 Å². The van der Waals surface area contributed by atoms with Crippen molar-refractivity contribution in [3.63, 3.8) is 0 Å². The van der Waals surface area contributed by atoms with E-state index in [1.807, 2.05) is 0 Å². The van der Waals surface area contributed by atoms with Gasteiger partial charge in [-0.1, -0.05) is 0 Å². The second-order valence-corrected chi connectivity index (χ2v) is 18.0. The summed E-state index contributed by atoms with van der Waals surface area (Å²) in [6.07, 6.45) is 9.25. The third-order valence-corrected chi connectivity index (χ3v) is 10.5. The van der Waals surface area contributed by atoms with Crippen LogP contribution >= 0.6 is 0 Å². The number of phenols is 2. The normalized spacial score (nSPS) is 21.9. The SMILES string of the molecule is CC(C)(C)c1cc(C=[N+]2[Cr][N+](=Cc3cc(C(C)(C)C)cc(C(C)(C)C)c3O)[C@@H]3CCCC[C@H]32)c(O)c(C(C)(C)C)c1.[Cl-]. The molecule has 6 heteroatoms. The fraction of sp³-hybridized carbons (Fsp3) is 0.611. The van der Waals surface area contributed by atoms with Crippen LogP contribution in [0.5, 0.6) is 11.5 Å². The molecule has 0 aromatic heterocycles. The molecule has 0 amide bonds. The molecule has 2 atom stereocenters. The van der Waals surface area contributed by atoms with E-state index in [2.05, 4.69) is 127 Å². The van der Waals surface area contributed by atoms with Gasteiger partial charge in [-0.05, 0) is 0 Å². The molecule has 4 rings (SSSR count). The minimum absolute atomic E-state index is 0. The van der Waals surface area contributed by atoms with Gasteiger partial charge in [0.25, 0.3) is 0 Å². The zero-order valence-electron chi connectivity index (χ0n) is 28.0. The first-order valence-electron chi connectivity index (χ1n) is 15.4. The molecule has 1 aliphatic carbocycles. The van der Waals surface area contributed by atoms with E-state index in [1.54, 1.807) is 0 Å². The summed E-state index contributed by atoms with van der Waals surface area (Å²) in [6.45, 7) is 26.5. The average Bonchev–Trinajstić information content (AvgIpc) is 3.15. The van der Waals surface area contributed by atoms with E-state index >= 15 is 0 Å². The topological polar surface area (TPSA) is 46.5 Å². The Bertz CT molecular complexity index is 1280. The van der Waals surface area contributed by atoms with E-state index in [4.69, 9.17) is 0 Å². The molecule has 2 aliphatic rings. The zero-order chi connectivity index (χ0) is 30.7. The van der Waals surface area contributed by atoms with Crippen molar-refractivity contribution < 1.29 is 45.4 Å². The Morgan fingerprint density at radius 3 is 1.21 bits per heavy atom. The first kappa shape index (κ1) is 34.7. The maximum Gasteiger partial charge on any atom is -1.00 e. The van der Waals surface area contributed by atoms with Gasteiger partial charge in [-0.2, -0.15) is 0 Å². The van der Waals surface area contributed by atoms with Gasteiger partial charge >= 0.3 is 257 Å². The van der Waals surface area contributed by atoms with Gasteiger partial charge in [0.05, 0.1) is 0 Å². The molecule has 232 valence electrons. The summed E-state index contributed by atoms with van der Waals surface area (Å²) in [5.74, 6) is 0.808. The van der Waals surface area contributed by atoms with Crippen molar-refractivity contribution in [2.24, 2.45) is 0 Å². The van der Waals surface area contributed by atoms with Crippen molar-refractivity contribution in [1.82, 2.24) is 0 Å². The van der Waals surface area contributed by atoms with Crippen molar-refractivity contribution in [2.75, 3.05) is 0 Å². The van der Waals surface area contributed by atoms with Gasteiger partial charge in [-0.3, -0.25) is 0 Å². The van der Waals surface area contributed by atoms with E-state index in [-0.39, 0.29) is 49.7 Å². The summed E-state index contributed by atoms with van der Waals surface area (Å²) < 4.78 is 5.02. The van der Waals surface area contributed by atoms with Crippen molar-refractivity contribution in [1.29, 1.82) is 0 Å². The molecule has 0 bridgehead atoms. The van der Waals surface area contributed by atoms with Crippen LogP contribution in [0.25, 0.3) is 0 Å². The van der Waals surface area contributed by atoms with Crippen LogP contribution in [-0.4, -0.2) is 41.8 Å². The molecular formula is C36H54ClCrN2O2+. The zero-order valence-corrected chi connectivity index (χ0v) is 30.1. The van der Waals surface area contributed by atoms with Crippen molar-refractivity contribution in [3.05, 3.63) is 57.6 Å². The second kappa shape index (κ2) is 11.9. The van der Waals surface area contributed by atoms with Crippen molar-refractivity contribution >= 4 is 12.4 Å². The molecule has 2 N–H and O–H groups in total. The average molecular weight is 634 g/mol. The number of aromatic hydroxyl groups is 2. The molecule has 42 heavy (non-hydrogen) atoms. The van der Waals surface area contributed by atoms with Crippen LogP contribution in [0.4, 0.5) is 0 Å². The summed E-state index contributed by atoms with van der Waals surface area (Å²) in [6, 6.07) is 9.60. The van der Waals surface area contributed by atoms with Gasteiger partial charge in [0, 0.05) is 0 Å². The third kappa shape index (κ3) is 7.28. The Hall–Kier alpha value is -1.80. The molecule has 1 saturated carbocycles. The number of nitrogens with zero attached hydrogens (tertiary/aromatic N) is 2. The molecule has 2 aromatic carbocycles. The minimum atomic E-state index is -0.155. The first-order valence-corrected chi connectivity index (χ1v) is 16.5. The molecule has 2 fully saturated rings. The molecule has 4 nitrogen and oxygen atoms in total. The summed E-state index contributed by atoms with van der Waals surface area (Å²) >= 11 is 0.0117. The molecule has 0 spiro atoms. The Kier molecular flexibility index (Phi) is 9.87. The standard InChI is InChI=1S/C36H54N2O2.ClH.Cr/c1-33(2,3)25-17-23(31(39)27(19-25)35(7,8)9)21-37-29-15-13-14-16-30(29)38-22-24-18-26(34(4,5)6)20-28(32(24)40)36(10,11)12;;/h17-22,29-30,39-40H,13-16H2,1-12H3;1H;/q;;+2/p-1/t29-,30-;;/m1../s1. The summed E-state index contributed by atoms with van der Waals surface area (Å²) in [5.41, 5.74) is 6.01. The predicted octanol–water partition coefficient (Wildman–Crippen LogP) is 5.09. The second-order valence-electron chi connectivity index (χ2n) is 16.4. The number of phenolic OH excluding ortho intramolecular Hbond substituents is 2. The summed E-state index contributed by atoms with van der Waals surface area (Å²) in [7, 11) is 0. The van der Waals surface area contributed by atoms with Gasteiger partial charge in [-0.25, -0.2) is 0 Å². The Balaban J connectivity index is 0.00000484. The van der Waals surface area contributed by atoms with Crippen molar-refractivity contribution in [2.45, 2.75) is 143 Å². The maximum absolute atomic E-state index is 11.5. The number of halogens is 1. The van der Waals surface area contributed by atoms with E-state index in [0.29, 0.717) is 23.6 Å². The van der Waals surface area contributed by atoms with Crippen LogP contribution in [0.3, 0.4) is 0 Å². The summed E-state index contributed by atoms with van der Waals surface area (Å²) in [4.78, 5) is 0. The molecule has 0 radical (unpaired) electrons. The van der Waals surface area contributed by atoms with E-state index < -0.39 is 0 Å². The smallest absolute Gasteiger partial charge is 1.00 e. The van der Waals surface area contributed by atoms with Gasteiger partial charge in [0.1, 0.15) is 0 Å². The largest absolute Gasteiger partial charge is 1.00 e. The Morgan fingerprint density at radius 1 is 0.595 bits per heavy atom. The molecule has 1 aliphatic heterocycles. The number of rotatable bonds is 2. The molecular weight excluding hydrogens is 580 g/mol. The van der Waals surface area contributed by atoms with E-state index in [1.165, 1.54) is 24.0 Å². The van der Waals surface area contributed by atoms with Crippen LogP contribution in [0.2, 0.25) is 0 Å². The Morgan fingerprint density at radius 2 is 0.929 bits per heavy atom.